The lowest BCUT2D eigenvalue weighted by molar-refractivity contribution is -0.907. The largest absolute Gasteiger partial charge is 0.325 e. The molecule has 1 aliphatic heterocycles. The van der Waals surface area contributed by atoms with E-state index in [1.54, 1.807) is 18.2 Å². The third kappa shape index (κ3) is 4.77. The number of hydrogen-bond donors (Lipinski definition) is 1. The molecule has 1 aromatic carbocycles. The zero-order valence-electron chi connectivity index (χ0n) is 13.2. The van der Waals surface area contributed by atoms with E-state index in [0.29, 0.717) is 15.7 Å². The van der Waals surface area contributed by atoms with E-state index in [4.69, 9.17) is 23.2 Å². The molecule has 22 heavy (non-hydrogen) atoms. The molecular weight excluding hydrogens is 321 g/mol. The topological polar surface area (TPSA) is 32.3 Å². The van der Waals surface area contributed by atoms with Crippen molar-refractivity contribution in [2.75, 3.05) is 45.1 Å². The first kappa shape index (κ1) is 17.4. The van der Waals surface area contributed by atoms with Crippen molar-refractivity contribution in [2.45, 2.75) is 19.8 Å². The molecule has 1 saturated heterocycles. The van der Waals surface area contributed by atoms with Crippen molar-refractivity contribution < 1.29 is 9.28 Å². The van der Waals surface area contributed by atoms with Crippen molar-refractivity contribution in [3.8, 4) is 0 Å². The molecular formula is C16H24Cl2N3O+. The molecule has 0 bridgehead atoms. The van der Waals surface area contributed by atoms with Gasteiger partial charge in [0.25, 0.3) is 0 Å². The molecule has 0 radical (unpaired) electrons. The van der Waals surface area contributed by atoms with Gasteiger partial charge in [0.1, 0.15) is 0 Å². The average molecular weight is 345 g/mol. The fourth-order valence-electron chi connectivity index (χ4n) is 3.02. The molecule has 1 aromatic rings. The maximum absolute atomic E-state index is 12.4. The first-order valence-electron chi connectivity index (χ1n) is 7.77. The van der Waals surface area contributed by atoms with E-state index in [-0.39, 0.29) is 6.03 Å². The summed E-state index contributed by atoms with van der Waals surface area (Å²) in [5.41, 5.74) is 0.637. The highest BCUT2D eigenvalue weighted by atomic mass is 35.5. The standard InChI is InChI=1S/C16H23Cl2N3O/c1-3-7-21(2)8-4-5-20(6-9-21)16(22)19-15-11-13(17)10-14(18)12-15/h10-12H,3-9H2,1-2H3/p+1. The second kappa shape index (κ2) is 7.53. The van der Waals surface area contributed by atoms with Gasteiger partial charge in [0.05, 0.1) is 33.2 Å². The van der Waals surface area contributed by atoms with Gasteiger partial charge in [0.2, 0.25) is 0 Å². The Bertz CT molecular complexity index is 518. The summed E-state index contributed by atoms with van der Waals surface area (Å²) in [6.07, 6.45) is 2.20. The monoisotopic (exact) mass is 344 g/mol. The Morgan fingerprint density at radius 1 is 1.23 bits per heavy atom. The van der Waals surface area contributed by atoms with E-state index in [9.17, 15) is 4.79 Å². The molecule has 122 valence electrons. The van der Waals surface area contributed by atoms with E-state index in [1.807, 2.05) is 4.90 Å². The van der Waals surface area contributed by atoms with Crippen LogP contribution in [0.1, 0.15) is 19.8 Å². The summed E-state index contributed by atoms with van der Waals surface area (Å²) < 4.78 is 1.04. The summed E-state index contributed by atoms with van der Waals surface area (Å²) >= 11 is 11.9. The van der Waals surface area contributed by atoms with Gasteiger partial charge in [0, 0.05) is 28.7 Å². The maximum Gasteiger partial charge on any atom is 0.322 e. The molecule has 1 aliphatic rings. The van der Waals surface area contributed by atoms with Crippen molar-refractivity contribution in [3.63, 3.8) is 0 Å². The normalized spacial score (nSPS) is 22.3. The number of nitrogens with one attached hydrogen (secondary N) is 1. The molecule has 6 heteroatoms. The summed E-state index contributed by atoms with van der Waals surface area (Å²) in [5.74, 6) is 0. The van der Waals surface area contributed by atoms with Gasteiger partial charge < -0.3 is 14.7 Å². The highest BCUT2D eigenvalue weighted by Gasteiger charge is 2.27. The predicted molar refractivity (Wildman–Crippen MR) is 92.7 cm³/mol. The summed E-state index contributed by atoms with van der Waals surface area (Å²) in [7, 11) is 2.28. The minimum Gasteiger partial charge on any atom is -0.325 e. The Hall–Kier alpha value is -0.970. The number of carbonyl (C=O) groups excluding carboxylic acids is 1. The van der Waals surface area contributed by atoms with Crippen LogP contribution < -0.4 is 5.32 Å². The van der Waals surface area contributed by atoms with Gasteiger partial charge in [-0.2, -0.15) is 0 Å². The second-order valence-electron chi connectivity index (χ2n) is 6.22. The maximum atomic E-state index is 12.4. The molecule has 1 N–H and O–H groups in total. The number of amides is 2. The number of likely N-dealkylation sites (N-methyl/N-ethyl adjacent to an activating group) is 1. The van der Waals surface area contributed by atoms with Crippen LogP contribution in [-0.2, 0) is 0 Å². The summed E-state index contributed by atoms with van der Waals surface area (Å²) in [6, 6.07) is 4.99. The number of quaternary nitrogens is 1. The van der Waals surface area contributed by atoms with Crippen molar-refractivity contribution in [2.24, 2.45) is 0 Å². The Morgan fingerprint density at radius 3 is 2.55 bits per heavy atom. The van der Waals surface area contributed by atoms with Gasteiger partial charge in [-0.15, -0.1) is 0 Å². The van der Waals surface area contributed by atoms with E-state index < -0.39 is 0 Å². The lowest BCUT2D eigenvalue weighted by Crippen LogP contribution is -2.47. The molecule has 4 nitrogen and oxygen atoms in total. The highest BCUT2D eigenvalue weighted by Crippen LogP contribution is 2.23. The van der Waals surface area contributed by atoms with Gasteiger partial charge in [-0.05, 0) is 24.6 Å². The number of hydrogen-bond acceptors (Lipinski definition) is 1. The first-order chi connectivity index (χ1) is 10.4. The van der Waals surface area contributed by atoms with Crippen molar-refractivity contribution in [1.29, 1.82) is 0 Å². The van der Waals surface area contributed by atoms with Crippen LogP contribution in [0.5, 0.6) is 0 Å². The molecule has 2 rings (SSSR count). The molecule has 0 spiro atoms. The van der Waals surface area contributed by atoms with Crippen LogP contribution in [0.4, 0.5) is 10.5 Å². The Balaban J connectivity index is 1.98. The average Bonchev–Trinajstić information content (AvgIpc) is 2.60. The van der Waals surface area contributed by atoms with E-state index in [2.05, 4.69) is 19.3 Å². The number of halogens is 2. The third-order valence-corrected chi connectivity index (χ3v) is 4.64. The molecule has 0 saturated carbocycles. The van der Waals surface area contributed by atoms with E-state index >= 15 is 0 Å². The second-order valence-corrected chi connectivity index (χ2v) is 7.09. The van der Waals surface area contributed by atoms with Gasteiger partial charge in [0.15, 0.2) is 0 Å². The quantitative estimate of drug-likeness (QED) is 0.823. The molecule has 0 aromatic heterocycles. The minimum atomic E-state index is -0.0803. The van der Waals surface area contributed by atoms with E-state index in [0.717, 1.165) is 37.1 Å². The van der Waals surface area contributed by atoms with Crippen LogP contribution >= 0.6 is 23.2 Å². The summed E-state index contributed by atoms with van der Waals surface area (Å²) in [5, 5.41) is 3.93. The van der Waals surface area contributed by atoms with Gasteiger partial charge in [-0.3, -0.25) is 0 Å². The van der Waals surface area contributed by atoms with Gasteiger partial charge in [-0.1, -0.05) is 30.1 Å². The smallest absolute Gasteiger partial charge is 0.322 e. The fraction of sp³-hybridized carbons (Fsp3) is 0.562. The molecule has 0 aliphatic carbocycles. The van der Waals surface area contributed by atoms with Crippen molar-refractivity contribution >= 4 is 34.9 Å². The third-order valence-electron chi connectivity index (χ3n) is 4.20. The summed E-state index contributed by atoms with van der Waals surface area (Å²) in [6.45, 7) is 7.06. The number of benzene rings is 1. The molecule has 1 unspecified atom stereocenters. The van der Waals surface area contributed by atoms with Crippen LogP contribution in [0, 0.1) is 0 Å². The molecule has 1 atom stereocenters. The lowest BCUT2D eigenvalue weighted by atomic mass is 10.3. The van der Waals surface area contributed by atoms with Crippen molar-refractivity contribution in [1.82, 2.24) is 4.90 Å². The highest BCUT2D eigenvalue weighted by molar-refractivity contribution is 6.35. The van der Waals surface area contributed by atoms with Crippen LogP contribution in [-0.4, -0.2) is 55.2 Å². The predicted octanol–water partition coefficient (Wildman–Crippen LogP) is 4.09. The Labute approximate surface area is 142 Å². The molecule has 2 amide bonds. The fourth-order valence-corrected chi connectivity index (χ4v) is 3.55. The van der Waals surface area contributed by atoms with Crippen LogP contribution in [0.15, 0.2) is 18.2 Å². The Morgan fingerprint density at radius 2 is 1.91 bits per heavy atom. The number of anilines is 1. The first-order valence-corrected chi connectivity index (χ1v) is 8.53. The number of nitrogens with zero attached hydrogens (tertiary/aromatic N) is 2. The van der Waals surface area contributed by atoms with Crippen molar-refractivity contribution in [3.05, 3.63) is 28.2 Å². The van der Waals surface area contributed by atoms with Gasteiger partial charge in [-0.25, -0.2) is 4.79 Å². The number of rotatable bonds is 3. The number of urea groups is 1. The molecule has 1 heterocycles. The minimum absolute atomic E-state index is 0.0803. The van der Waals surface area contributed by atoms with E-state index in [1.165, 1.54) is 13.0 Å². The molecule has 1 fully saturated rings. The SMILES string of the molecule is CCC[N+]1(C)CCCN(C(=O)Nc2cc(Cl)cc(Cl)c2)CC1. The van der Waals surface area contributed by atoms with Crippen LogP contribution in [0.25, 0.3) is 0 Å². The zero-order valence-corrected chi connectivity index (χ0v) is 14.8. The zero-order chi connectivity index (χ0) is 16.2. The number of carbonyl (C=O) groups is 1. The van der Waals surface area contributed by atoms with Crippen LogP contribution in [0.3, 0.4) is 0 Å². The lowest BCUT2D eigenvalue weighted by Gasteiger charge is -2.33. The Kier molecular flexibility index (Phi) is 5.95. The van der Waals surface area contributed by atoms with Crippen LogP contribution in [0.2, 0.25) is 10.0 Å². The van der Waals surface area contributed by atoms with Gasteiger partial charge >= 0.3 is 6.03 Å². The summed E-state index contributed by atoms with van der Waals surface area (Å²) in [4.78, 5) is 14.3.